The summed E-state index contributed by atoms with van der Waals surface area (Å²) in [6.45, 7) is 11.0. The van der Waals surface area contributed by atoms with Crippen molar-refractivity contribution in [2.45, 2.75) is 20.4 Å². The second kappa shape index (κ2) is 11.8. The zero-order chi connectivity index (χ0) is 22.1. The van der Waals surface area contributed by atoms with Gasteiger partial charge in [-0.25, -0.2) is 5.43 Å². The highest BCUT2D eigenvalue weighted by Crippen LogP contribution is 2.18. The molecular weight excluding hydrogens is 410 g/mol. The van der Waals surface area contributed by atoms with Crippen LogP contribution in [0.15, 0.2) is 53.6 Å². The molecule has 1 N–H and O–H groups in total. The maximum absolute atomic E-state index is 12.2. The van der Waals surface area contributed by atoms with E-state index in [9.17, 15) is 4.79 Å². The zero-order valence-electron chi connectivity index (χ0n) is 18.4. The predicted octanol–water partition coefficient (Wildman–Crippen LogP) is 3.45. The van der Waals surface area contributed by atoms with Gasteiger partial charge in [0.2, 0.25) is 0 Å². The molecule has 1 aliphatic heterocycles. The summed E-state index contributed by atoms with van der Waals surface area (Å²) in [5.41, 5.74) is 5.95. The van der Waals surface area contributed by atoms with Crippen molar-refractivity contribution in [3.8, 4) is 0 Å². The van der Waals surface area contributed by atoms with Crippen molar-refractivity contribution in [2.75, 3.05) is 50.7 Å². The molecule has 1 fully saturated rings. The second-order valence-corrected chi connectivity index (χ2v) is 8.11. The van der Waals surface area contributed by atoms with Gasteiger partial charge < -0.3 is 4.90 Å². The van der Waals surface area contributed by atoms with Gasteiger partial charge in [-0.05, 0) is 43.2 Å². The van der Waals surface area contributed by atoms with Crippen LogP contribution < -0.4 is 10.3 Å². The van der Waals surface area contributed by atoms with Crippen LogP contribution in [-0.2, 0) is 11.3 Å². The number of hydrogen-bond donors (Lipinski definition) is 1. The second-order valence-electron chi connectivity index (χ2n) is 7.70. The Labute approximate surface area is 190 Å². The van der Waals surface area contributed by atoms with E-state index in [1.165, 1.54) is 5.69 Å². The molecule has 1 saturated heterocycles. The lowest BCUT2D eigenvalue weighted by Gasteiger charge is -2.34. The molecule has 0 saturated carbocycles. The van der Waals surface area contributed by atoms with E-state index < -0.39 is 0 Å². The fraction of sp³-hybridized carbons (Fsp3) is 0.417. The van der Waals surface area contributed by atoms with Crippen LogP contribution in [-0.4, -0.2) is 67.7 Å². The topological polar surface area (TPSA) is 51.2 Å². The van der Waals surface area contributed by atoms with E-state index in [2.05, 4.69) is 57.3 Å². The van der Waals surface area contributed by atoms with Gasteiger partial charge in [0.1, 0.15) is 0 Å². The number of halogens is 1. The molecule has 0 aliphatic carbocycles. The number of nitrogens with one attached hydrogen (secondary N) is 1. The van der Waals surface area contributed by atoms with E-state index in [-0.39, 0.29) is 5.91 Å². The molecule has 31 heavy (non-hydrogen) atoms. The van der Waals surface area contributed by atoms with Gasteiger partial charge in [0.05, 0.1) is 12.8 Å². The molecule has 0 radical (unpaired) electrons. The number of carbonyl (C=O) groups is 1. The van der Waals surface area contributed by atoms with E-state index >= 15 is 0 Å². The molecule has 2 aromatic carbocycles. The molecule has 166 valence electrons. The largest absolute Gasteiger partial charge is 0.372 e. The van der Waals surface area contributed by atoms with Crippen LogP contribution in [0.4, 0.5) is 5.69 Å². The van der Waals surface area contributed by atoms with Crippen molar-refractivity contribution in [3.05, 3.63) is 64.7 Å². The number of hydrazone groups is 1. The minimum absolute atomic E-state index is 0.0874. The van der Waals surface area contributed by atoms with Gasteiger partial charge in [-0.3, -0.25) is 14.6 Å². The number of piperazine rings is 1. The maximum atomic E-state index is 12.2. The summed E-state index contributed by atoms with van der Waals surface area (Å²) in [7, 11) is 0. The third kappa shape index (κ3) is 7.06. The van der Waals surface area contributed by atoms with Crippen LogP contribution in [0.3, 0.4) is 0 Å². The molecule has 1 amide bonds. The molecule has 0 spiro atoms. The lowest BCUT2D eigenvalue weighted by Crippen LogP contribution is -2.48. The maximum Gasteiger partial charge on any atom is 0.254 e. The minimum atomic E-state index is -0.0874. The van der Waals surface area contributed by atoms with Crippen molar-refractivity contribution in [2.24, 2.45) is 5.10 Å². The third-order valence-corrected chi connectivity index (χ3v) is 5.98. The van der Waals surface area contributed by atoms with Gasteiger partial charge in [0.25, 0.3) is 5.91 Å². The molecule has 1 heterocycles. The van der Waals surface area contributed by atoms with Gasteiger partial charge >= 0.3 is 0 Å². The van der Waals surface area contributed by atoms with E-state index in [1.807, 2.05) is 30.3 Å². The first-order valence-corrected chi connectivity index (χ1v) is 11.3. The summed E-state index contributed by atoms with van der Waals surface area (Å²) in [4.78, 5) is 19.1. The SMILES string of the molecule is CCN(CC)c1ccc(/C=N\NC(=O)CN2CCN(Cc3ccccc3Cl)CC2)cc1. The summed E-state index contributed by atoms with van der Waals surface area (Å²) >= 11 is 6.26. The van der Waals surface area contributed by atoms with E-state index in [0.717, 1.165) is 62.0 Å². The molecule has 0 atom stereocenters. The highest BCUT2D eigenvalue weighted by Gasteiger charge is 2.19. The number of rotatable bonds is 9. The summed E-state index contributed by atoms with van der Waals surface area (Å²) in [5, 5.41) is 4.92. The average Bonchev–Trinajstić information content (AvgIpc) is 2.78. The highest BCUT2D eigenvalue weighted by atomic mass is 35.5. The van der Waals surface area contributed by atoms with Gasteiger partial charge in [-0.15, -0.1) is 0 Å². The Bertz CT molecular complexity index is 859. The first-order valence-electron chi connectivity index (χ1n) is 10.9. The van der Waals surface area contributed by atoms with Gasteiger partial charge in [0, 0.05) is 56.5 Å². The van der Waals surface area contributed by atoms with Crippen LogP contribution in [0.1, 0.15) is 25.0 Å². The van der Waals surface area contributed by atoms with Crippen LogP contribution in [0, 0.1) is 0 Å². The van der Waals surface area contributed by atoms with E-state index in [0.29, 0.717) is 6.54 Å². The summed E-state index contributed by atoms with van der Waals surface area (Å²) < 4.78 is 0. The fourth-order valence-electron chi connectivity index (χ4n) is 3.75. The average molecular weight is 442 g/mol. The molecule has 0 aromatic heterocycles. The van der Waals surface area contributed by atoms with Crippen LogP contribution in [0.25, 0.3) is 0 Å². The lowest BCUT2D eigenvalue weighted by atomic mass is 10.2. The molecule has 0 bridgehead atoms. The molecule has 0 unspecified atom stereocenters. The number of benzene rings is 2. The monoisotopic (exact) mass is 441 g/mol. The first kappa shape index (κ1) is 23.3. The van der Waals surface area contributed by atoms with Gasteiger partial charge in [-0.1, -0.05) is 41.9 Å². The van der Waals surface area contributed by atoms with Crippen LogP contribution >= 0.6 is 11.6 Å². The molecule has 1 aliphatic rings. The Morgan fingerprint density at radius 1 is 1.03 bits per heavy atom. The Kier molecular flexibility index (Phi) is 8.88. The summed E-state index contributed by atoms with van der Waals surface area (Å²) in [5.74, 6) is -0.0874. The standard InChI is InChI=1S/C24H32ClN5O/c1-3-30(4-2)22-11-9-20(10-12-22)17-26-27-24(31)19-29-15-13-28(14-16-29)18-21-7-5-6-8-23(21)25/h5-12,17H,3-4,13-16,18-19H2,1-2H3,(H,27,31)/b26-17-. The van der Waals surface area contributed by atoms with E-state index in [4.69, 9.17) is 11.6 Å². The normalized spacial score (nSPS) is 15.3. The Balaban J connectivity index is 1.39. The Morgan fingerprint density at radius 2 is 1.68 bits per heavy atom. The fourth-order valence-corrected chi connectivity index (χ4v) is 3.95. The van der Waals surface area contributed by atoms with Crippen molar-refractivity contribution in [1.29, 1.82) is 0 Å². The number of hydrogen-bond acceptors (Lipinski definition) is 5. The van der Waals surface area contributed by atoms with Crippen molar-refractivity contribution in [1.82, 2.24) is 15.2 Å². The van der Waals surface area contributed by atoms with Crippen LogP contribution in [0.2, 0.25) is 5.02 Å². The number of nitrogens with zero attached hydrogens (tertiary/aromatic N) is 4. The van der Waals surface area contributed by atoms with Crippen LogP contribution in [0.5, 0.6) is 0 Å². The Hall–Kier alpha value is -2.41. The molecule has 6 nitrogen and oxygen atoms in total. The molecule has 3 rings (SSSR count). The number of anilines is 1. The predicted molar refractivity (Wildman–Crippen MR) is 129 cm³/mol. The smallest absolute Gasteiger partial charge is 0.254 e. The minimum Gasteiger partial charge on any atom is -0.372 e. The third-order valence-electron chi connectivity index (χ3n) is 5.61. The molecular formula is C24H32ClN5O. The summed E-state index contributed by atoms with van der Waals surface area (Å²) in [6, 6.07) is 16.2. The molecule has 7 heteroatoms. The first-order chi connectivity index (χ1) is 15.1. The van der Waals surface area contributed by atoms with Crippen molar-refractivity contribution < 1.29 is 4.79 Å². The quantitative estimate of drug-likeness (QED) is 0.478. The van der Waals surface area contributed by atoms with Gasteiger partial charge in [0.15, 0.2) is 0 Å². The Morgan fingerprint density at radius 3 is 2.32 bits per heavy atom. The number of carbonyl (C=O) groups excluding carboxylic acids is 1. The van der Waals surface area contributed by atoms with Crippen molar-refractivity contribution in [3.63, 3.8) is 0 Å². The van der Waals surface area contributed by atoms with Gasteiger partial charge in [-0.2, -0.15) is 5.10 Å². The zero-order valence-corrected chi connectivity index (χ0v) is 19.2. The molecule has 2 aromatic rings. The lowest BCUT2D eigenvalue weighted by molar-refractivity contribution is -0.122. The number of amides is 1. The van der Waals surface area contributed by atoms with Crippen molar-refractivity contribution >= 4 is 29.4 Å². The van der Waals surface area contributed by atoms with E-state index in [1.54, 1.807) is 6.21 Å². The summed E-state index contributed by atoms with van der Waals surface area (Å²) in [6.07, 6.45) is 1.69. The highest BCUT2D eigenvalue weighted by molar-refractivity contribution is 6.31.